The summed E-state index contributed by atoms with van der Waals surface area (Å²) in [5, 5.41) is 4.00. The number of ether oxygens (including phenoxy) is 6. The van der Waals surface area contributed by atoms with Crippen LogP contribution in [0.4, 0.5) is 96.1 Å². The van der Waals surface area contributed by atoms with Gasteiger partial charge in [-0.3, -0.25) is 0 Å². The molecule has 3 atom stereocenters. The molecular formula is C78H70BrF18N3O6. The van der Waals surface area contributed by atoms with Gasteiger partial charge >= 0.3 is 38.2 Å². The van der Waals surface area contributed by atoms with Gasteiger partial charge in [0.2, 0.25) is 0 Å². The van der Waals surface area contributed by atoms with E-state index >= 15 is 0 Å². The lowest BCUT2D eigenvalue weighted by atomic mass is 9.88. The number of halogens is 19. The van der Waals surface area contributed by atoms with Crippen LogP contribution in [-0.4, -0.2) is 56.3 Å². The minimum atomic E-state index is -4.79. The Labute approximate surface area is 607 Å². The number of alkyl halides is 19. The predicted octanol–water partition coefficient (Wildman–Crippen LogP) is 24.6. The molecule has 0 amide bonds. The Hall–Kier alpha value is -9.60. The Kier molecular flexibility index (Phi) is 26.4. The maximum atomic E-state index is 12.7. The summed E-state index contributed by atoms with van der Waals surface area (Å²) in [6, 6.07) is 53.4. The van der Waals surface area contributed by atoms with Gasteiger partial charge in [0.15, 0.2) is 0 Å². The van der Waals surface area contributed by atoms with Crippen molar-refractivity contribution in [2.24, 2.45) is 0 Å². The number of hydrogen-bond donors (Lipinski definition) is 1. The Bertz CT molecular complexity index is 4190. The molecule has 0 saturated carbocycles. The van der Waals surface area contributed by atoms with E-state index in [0.717, 1.165) is 119 Å². The average molecular weight is 1570 g/mol. The van der Waals surface area contributed by atoms with Gasteiger partial charge in [-0.25, -0.2) is 0 Å². The lowest BCUT2D eigenvalue weighted by molar-refractivity contribution is -0.275. The van der Waals surface area contributed by atoms with E-state index in [-0.39, 0.29) is 46.6 Å². The Balaban J connectivity index is 0.000000172. The van der Waals surface area contributed by atoms with E-state index in [1.54, 1.807) is 36.4 Å². The second-order valence-corrected chi connectivity index (χ2v) is 25.2. The van der Waals surface area contributed by atoms with Crippen molar-refractivity contribution in [1.82, 2.24) is 0 Å². The molecule has 3 unspecified atom stereocenters. The van der Waals surface area contributed by atoms with Crippen molar-refractivity contribution >= 4 is 33.0 Å². The second-order valence-electron chi connectivity index (χ2n) is 24.6. The molecule has 12 rings (SSSR count). The molecule has 0 spiro atoms. The van der Waals surface area contributed by atoms with Crippen LogP contribution < -0.4 is 43.5 Å². The standard InChI is InChI=1S/2C26H23F6NO2.C18H18F3NO.C8H6BrF3O/c2*1-2-19-12-13-23-22(18-7-4-9-21(15-18)35-26(30,31)32)10-5-11-24(23)33(19)16-17-6-3-8-20(14-17)34-25(27,28)29;1-2-13-9-10-16-15(7-4-8-17(16)22-13)12-5-3-6-14(11-12)23-18(19,20)21;9-5-6-2-1-3-7(4-6)13-8(10,11)12/h2*3-11,14-15,19H,2,12-13,16H2,1H3;3-8,11,13,22H,2,9-10H2,1H3;1-4H,5H2. The third-order valence-electron chi connectivity index (χ3n) is 17.4. The second kappa shape index (κ2) is 34.8. The third-order valence-corrected chi connectivity index (χ3v) is 18.0. The van der Waals surface area contributed by atoms with Gasteiger partial charge in [-0.15, -0.1) is 79.0 Å². The molecule has 0 aliphatic carbocycles. The van der Waals surface area contributed by atoms with E-state index in [4.69, 9.17) is 0 Å². The molecule has 3 aliphatic rings. The largest absolute Gasteiger partial charge is 0.573 e. The lowest BCUT2D eigenvalue weighted by Crippen LogP contribution is -2.38. The summed E-state index contributed by atoms with van der Waals surface area (Å²) in [5.41, 5.74) is 12.5. The van der Waals surface area contributed by atoms with Gasteiger partial charge in [-0.1, -0.05) is 146 Å². The molecule has 3 heterocycles. The summed E-state index contributed by atoms with van der Waals surface area (Å²) < 4.78 is 249. The summed E-state index contributed by atoms with van der Waals surface area (Å²) >= 11 is 3.13. The van der Waals surface area contributed by atoms with Gasteiger partial charge in [0, 0.05) is 53.6 Å². The SMILES string of the molecule is CCC1CCc2c(-c3cccc(OC(F)(F)F)c3)cccc2N1Cc1cccc(OC(F)(F)F)c1.CCC1CCc2c(-c3cccc(OC(F)(F)F)c3)cccc2N1Cc1cccc(OC(F)(F)F)c1.CCC1CCc2c(cccc2-c2cccc(OC(F)(F)F)c2)N1.FC(F)(F)Oc1cccc(CBr)c1. The van der Waals surface area contributed by atoms with Crippen LogP contribution in [0.1, 0.15) is 92.7 Å². The molecule has 28 heteroatoms. The van der Waals surface area contributed by atoms with E-state index in [1.807, 2.05) is 74.5 Å². The molecule has 0 fully saturated rings. The van der Waals surface area contributed by atoms with Crippen LogP contribution in [0.3, 0.4) is 0 Å². The maximum Gasteiger partial charge on any atom is 0.573 e. The first-order chi connectivity index (χ1) is 50.0. The van der Waals surface area contributed by atoms with Crippen LogP contribution in [0.2, 0.25) is 0 Å². The molecule has 3 aliphatic heterocycles. The fraction of sp³-hybridized carbons (Fsp3) is 0.308. The zero-order valence-electron chi connectivity index (χ0n) is 56.8. The van der Waals surface area contributed by atoms with Crippen LogP contribution >= 0.6 is 15.9 Å². The molecule has 9 aromatic carbocycles. The van der Waals surface area contributed by atoms with Crippen LogP contribution in [0, 0.1) is 0 Å². The number of hydrogen-bond acceptors (Lipinski definition) is 9. The van der Waals surface area contributed by atoms with E-state index in [9.17, 15) is 79.0 Å². The van der Waals surface area contributed by atoms with Gasteiger partial charge in [-0.2, -0.15) is 0 Å². The highest BCUT2D eigenvalue weighted by molar-refractivity contribution is 9.08. The summed E-state index contributed by atoms with van der Waals surface area (Å²) in [5.74, 6) is -1.54. The van der Waals surface area contributed by atoms with Crippen molar-refractivity contribution in [2.45, 2.75) is 153 Å². The van der Waals surface area contributed by atoms with Crippen molar-refractivity contribution in [3.8, 4) is 67.9 Å². The Morgan fingerprint density at radius 1 is 0.340 bits per heavy atom. The monoisotopic (exact) mass is 1570 g/mol. The summed E-state index contributed by atoms with van der Waals surface area (Å²) in [4.78, 5) is 4.29. The topological polar surface area (TPSA) is 73.9 Å². The third kappa shape index (κ3) is 24.0. The zero-order chi connectivity index (χ0) is 76.8. The predicted molar refractivity (Wildman–Crippen MR) is 371 cm³/mol. The van der Waals surface area contributed by atoms with Gasteiger partial charge in [0.05, 0.1) is 0 Å². The fourth-order valence-electron chi connectivity index (χ4n) is 13.0. The van der Waals surface area contributed by atoms with Crippen LogP contribution in [0.5, 0.6) is 34.5 Å². The fourth-order valence-corrected chi connectivity index (χ4v) is 13.4. The molecule has 0 aromatic heterocycles. The van der Waals surface area contributed by atoms with Gasteiger partial charge in [-0.05, 0) is 216 Å². The Morgan fingerprint density at radius 3 is 0.962 bits per heavy atom. The minimum absolute atomic E-state index is 0.157. The maximum absolute atomic E-state index is 12.7. The van der Waals surface area contributed by atoms with E-state index in [0.29, 0.717) is 46.7 Å². The normalized spacial score (nSPS) is 15.8. The number of benzene rings is 9. The molecule has 9 aromatic rings. The number of rotatable bonds is 17. The molecule has 0 bridgehead atoms. The number of nitrogens with zero attached hydrogens (tertiary/aromatic N) is 2. The van der Waals surface area contributed by atoms with Crippen molar-refractivity contribution in [1.29, 1.82) is 0 Å². The molecular weight excluding hydrogens is 1500 g/mol. The highest BCUT2D eigenvalue weighted by Gasteiger charge is 2.37. The summed E-state index contributed by atoms with van der Waals surface area (Å²) in [6.45, 7) is 6.97. The van der Waals surface area contributed by atoms with Crippen LogP contribution in [0.15, 0.2) is 200 Å². The van der Waals surface area contributed by atoms with Crippen LogP contribution in [-0.2, 0) is 37.7 Å². The number of nitrogens with one attached hydrogen (secondary N) is 1. The zero-order valence-corrected chi connectivity index (χ0v) is 58.4. The molecule has 0 radical (unpaired) electrons. The van der Waals surface area contributed by atoms with E-state index in [2.05, 4.69) is 66.4 Å². The lowest BCUT2D eigenvalue weighted by Gasteiger charge is -2.39. The van der Waals surface area contributed by atoms with Crippen molar-refractivity contribution in [3.63, 3.8) is 0 Å². The molecule has 106 heavy (non-hydrogen) atoms. The van der Waals surface area contributed by atoms with E-state index < -0.39 is 38.2 Å². The highest BCUT2D eigenvalue weighted by Crippen LogP contribution is 2.44. The van der Waals surface area contributed by atoms with Gasteiger partial charge in [0.25, 0.3) is 0 Å². The average Bonchev–Trinajstić information content (AvgIpc) is 0.777. The van der Waals surface area contributed by atoms with Gasteiger partial charge in [0.1, 0.15) is 34.5 Å². The van der Waals surface area contributed by atoms with Crippen molar-refractivity contribution < 1.29 is 107 Å². The smallest absolute Gasteiger partial charge is 0.406 e. The number of fused-ring (bicyclic) bond motifs is 3. The first-order valence-electron chi connectivity index (χ1n) is 33.4. The quantitative estimate of drug-likeness (QED) is 0.0709. The highest BCUT2D eigenvalue weighted by atomic mass is 79.9. The number of anilines is 3. The van der Waals surface area contributed by atoms with Crippen molar-refractivity contribution in [3.05, 3.63) is 234 Å². The van der Waals surface area contributed by atoms with Gasteiger partial charge < -0.3 is 43.5 Å². The molecule has 9 nitrogen and oxygen atoms in total. The first-order valence-corrected chi connectivity index (χ1v) is 34.5. The molecule has 1 N–H and O–H groups in total. The van der Waals surface area contributed by atoms with E-state index in [1.165, 1.54) is 103 Å². The minimum Gasteiger partial charge on any atom is -0.406 e. The summed E-state index contributed by atoms with van der Waals surface area (Å²) in [7, 11) is 0. The van der Waals surface area contributed by atoms with Crippen LogP contribution in [0.25, 0.3) is 33.4 Å². The Morgan fingerprint density at radius 2 is 0.632 bits per heavy atom. The molecule has 566 valence electrons. The summed E-state index contributed by atoms with van der Waals surface area (Å²) in [6.07, 6.45) is -20.7. The van der Waals surface area contributed by atoms with Crippen molar-refractivity contribution in [2.75, 3.05) is 15.1 Å². The first kappa shape index (κ1) is 80.5. The molecule has 0 saturated heterocycles.